The number of hydrogen-bond acceptors (Lipinski definition) is 2. The number of rotatable bonds is 6. The molecule has 0 aliphatic carbocycles. The molecule has 0 atom stereocenters. The lowest BCUT2D eigenvalue weighted by Crippen LogP contribution is -2.30. The minimum atomic E-state index is -0.854. The number of halogens is 2. The summed E-state index contributed by atoms with van der Waals surface area (Å²) in [5.74, 6) is -1.69. The van der Waals surface area contributed by atoms with E-state index in [0.29, 0.717) is 23.6 Å². The molecule has 0 aliphatic rings. The SMILES string of the molecule is CCC(CC)NCCn1cnc2cc(F)c(F)cc21. The summed E-state index contributed by atoms with van der Waals surface area (Å²) in [5.41, 5.74) is 1.12. The summed E-state index contributed by atoms with van der Waals surface area (Å²) >= 11 is 0. The van der Waals surface area contributed by atoms with Crippen LogP contribution in [0.15, 0.2) is 18.5 Å². The molecule has 0 saturated carbocycles. The molecule has 1 heterocycles. The molecule has 0 bridgehead atoms. The maximum absolute atomic E-state index is 13.2. The van der Waals surface area contributed by atoms with E-state index in [1.54, 1.807) is 6.33 Å². The molecule has 5 heteroatoms. The Hall–Kier alpha value is -1.49. The molecule has 0 amide bonds. The first-order valence-corrected chi connectivity index (χ1v) is 6.69. The Morgan fingerprint density at radius 3 is 2.58 bits per heavy atom. The minimum Gasteiger partial charge on any atom is -0.329 e. The van der Waals surface area contributed by atoms with Crippen LogP contribution in [0.5, 0.6) is 0 Å². The summed E-state index contributed by atoms with van der Waals surface area (Å²) in [6.07, 6.45) is 3.79. The summed E-state index contributed by atoms with van der Waals surface area (Å²) in [7, 11) is 0. The van der Waals surface area contributed by atoms with Gasteiger partial charge in [0.25, 0.3) is 0 Å². The lowest BCUT2D eigenvalue weighted by atomic mass is 10.2. The molecule has 0 spiro atoms. The van der Waals surface area contributed by atoms with Gasteiger partial charge in [-0.15, -0.1) is 0 Å². The predicted octanol–water partition coefficient (Wildman–Crippen LogP) is 3.09. The fourth-order valence-electron chi connectivity index (χ4n) is 2.20. The summed E-state index contributed by atoms with van der Waals surface area (Å²) in [5, 5.41) is 3.43. The Bertz CT molecular complexity index is 547. The molecule has 1 N–H and O–H groups in total. The van der Waals surface area contributed by atoms with Crippen molar-refractivity contribution >= 4 is 11.0 Å². The second-order valence-electron chi connectivity index (χ2n) is 4.66. The molecule has 2 rings (SSSR count). The lowest BCUT2D eigenvalue weighted by Gasteiger charge is -2.14. The van der Waals surface area contributed by atoms with Gasteiger partial charge in [0.1, 0.15) is 0 Å². The number of aromatic nitrogens is 2. The number of fused-ring (bicyclic) bond motifs is 1. The molecule has 19 heavy (non-hydrogen) atoms. The molecule has 1 aromatic heterocycles. The molecular formula is C14H19F2N3. The molecule has 3 nitrogen and oxygen atoms in total. The number of benzene rings is 1. The van der Waals surface area contributed by atoms with Gasteiger partial charge < -0.3 is 9.88 Å². The zero-order valence-corrected chi connectivity index (χ0v) is 11.3. The van der Waals surface area contributed by atoms with Crippen LogP contribution >= 0.6 is 0 Å². The van der Waals surface area contributed by atoms with Gasteiger partial charge in [-0.05, 0) is 12.8 Å². The van der Waals surface area contributed by atoms with Crippen LogP contribution in [0.1, 0.15) is 26.7 Å². The van der Waals surface area contributed by atoms with Gasteiger partial charge in [-0.2, -0.15) is 0 Å². The Balaban J connectivity index is 2.07. The standard InChI is InChI=1S/C14H19F2N3/c1-3-10(4-2)17-5-6-19-9-18-13-7-11(15)12(16)8-14(13)19/h7-10,17H,3-6H2,1-2H3. The molecule has 1 aromatic carbocycles. The Labute approximate surface area is 111 Å². The van der Waals surface area contributed by atoms with Crippen molar-refractivity contribution in [2.75, 3.05) is 6.54 Å². The lowest BCUT2D eigenvalue weighted by molar-refractivity contribution is 0.467. The van der Waals surface area contributed by atoms with Crippen molar-refractivity contribution in [3.8, 4) is 0 Å². The first kappa shape index (κ1) is 13.9. The summed E-state index contributed by atoms with van der Waals surface area (Å²) in [4.78, 5) is 4.09. The van der Waals surface area contributed by atoms with Gasteiger partial charge >= 0.3 is 0 Å². The zero-order chi connectivity index (χ0) is 13.8. The van der Waals surface area contributed by atoms with Crippen LogP contribution in [-0.2, 0) is 6.54 Å². The number of nitrogens with zero attached hydrogens (tertiary/aromatic N) is 2. The van der Waals surface area contributed by atoms with E-state index >= 15 is 0 Å². The van der Waals surface area contributed by atoms with Crippen LogP contribution in [0.25, 0.3) is 11.0 Å². The number of imidazole rings is 1. The van der Waals surface area contributed by atoms with E-state index in [1.165, 1.54) is 6.07 Å². The molecule has 0 radical (unpaired) electrons. The third-order valence-electron chi connectivity index (χ3n) is 3.43. The van der Waals surface area contributed by atoms with Gasteiger partial charge in [-0.1, -0.05) is 13.8 Å². The van der Waals surface area contributed by atoms with Gasteiger partial charge in [-0.3, -0.25) is 0 Å². The number of hydrogen-bond donors (Lipinski definition) is 1. The highest BCUT2D eigenvalue weighted by atomic mass is 19.2. The van der Waals surface area contributed by atoms with Crippen LogP contribution in [0.3, 0.4) is 0 Å². The quantitative estimate of drug-likeness (QED) is 0.871. The molecule has 0 fully saturated rings. The van der Waals surface area contributed by atoms with Crippen LogP contribution in [0.2, 0.25) is 0 Å². The molecule has 104 valence electrons. The molecule has 2 aromatic rings. The average Bonchev–Trinajstić information content (AvgIpc) is 2.78. The second-order valence-corrected chi connectivity index (χ2v) is 4.66. The maximum Gasteiger partial charge on any atom is 0.161 e. The third kappa shape index (κ3) is 3.10. The summed E-state index contributed by atoms with van der Waals surface area (Å²) in [6.45, 7) is 5.77. The highest BCUT2D eigenvalue weighted by Gasteiger charge is 2.09. The summed E-state index contributed by atoms with van der Waals surface area (Å²) < 4.78 is 28.1. The predicted molar refractivity (Wildman–Crippen MR) is 72.0 cm³/mol. The van der Waals surface area contributed by atoms with Crippen molar-refractivity contribution in [2.24, 2.45) is 0 Å². The fourth-order valence-corrected chi connectivity index (χ4v) is 2.20. The average molecular weight is 267 g/mol. The van der Waals surface area contributed by atoms with Crippen LogP contribution < -0.4 is 5.32 Å². The Morgan fingerprint density at radius 2 is 1.89 bits per heavy atom. The zero-order valence-electron chi connectivity index (χ0n) is 11.3. The first-order valence-electron chi connectivity index (χ1n) is 6.69. The summed E-state index contributed by atoms with van der Waals surface area (Å²) in [6, 6.07) is 2.84. The fraction of sp³-hybridized carbons (Fsp3) is 0.500. The van der Waals surface area contributed by atoms with E-state index in [1.807, 2.05) is 4.57 Å². The van der Waals surface area contributed by atoms with E-state index in [0.717, 1.165) is 25.5 Å². The van der Waals surface area contributed by atoms with Crippen molar-refractivity contribution < 1.29 is 8.78 Å². The highest BCUT2D eigenvalue weighted by Crippen LogP contribution is 2.17. The van der Waals surface area contributed by atoms with E-state index in [-0.39, 0.29) is 0 Å². The van der Waals surface area contributed by atoms with Crippen molar-refractivity contribution in [3.05, 3.63) is 30.1 Å². The van der Waals surface area contributed by atoms with E-state index in [4.69, 9.17) is 0 Å². The normalized spacial score (nSPS) is 11.6. The van der Waals surface area contributed by atoms with Gasteiger partial charge in [0.05, 0.1) is 17.4 Å². The smallest absolute Gasteiger partial charge is 0.161 e. The van der Waals surface area contributed by atoms with Crippen LogP contribution in [-0.4, -0.2) is 22.1 Å². The largest absolute Gasteiger partial charge is 0.329 e. The van der Waals surface area contributed by atoms with E-state index < -0.39 is 11.6 Å². The van der Waals surface area contributed by atoms with Crippen molar-refractivity contribution in [3.63, 3.8) is 0 Å². The minimum absolute atomic E-state index is 0.487. The van der Waals surface area contributed by atoms with Crippen LogP contribution in [0.4, 0.5) is 8.78 Å². The second kappa shape index (κ2) is 6.10. The maximum atomic E-state index is 13.2. The van der Waals surface area contributed by atoms with E-state index in [2.05, 4.69) is 24.1 Å². The molecule has 0 aliphatic heterocycles. The van der Waals surface area contributed by atoms with Gasteiger partial charge in [0.15, 0.2) is 11.6 Å². The van der Waals surface area contributed by atoms with Crippen molar-refractivity contribution in [1.29, 1.82) is 0 Å². The first-order chi connectivity index (χ1) is 9.15. The highest BCUT2D eigenvalue weighted by molar-refractivity contribution is 5.75. The van der Waals surface area contributed by atoms with E-state index in [9.17, 15) is 8.78 Å². The molecule has 0 unspecified atom stereocenters. The van der Waals surface area contributed by atoms with Crippen molar-refractivity contribution in [2.45, 2.75) is 39.3 Å². The number of nitrogens with one attached hydrogen (secondary N) is 1. The van der Waals surface area contributed by atoms with Gasteiger partial charge in [0, 0.05) is 31.3 Å². The van der Waals surface area contributed by atoms with Crippen LogP contribution in [0, 0.1) is 11.6 Å². The third-order valence-corrected chi connectivity index (χ3v) is 3.43. The van der Waals surface area contributed by atoms with Gasteiger partial charge in [-0.25, -0.2) is 13.8 Å². The van der Waals surface area contributed by atoms with Crippen molar-refractivity contribution in [1.82, 2.24) is 14.9 Å². The Kier molecular flexibility index (Phi) is 4.47. The molecule has 0 saturated heterocycles. The van der Waals surface area contributed by atoms with Gasteiger partial charge in [0.2, 0.25) is 0 Å². The topological polar surface area (TPSA) is 29.9 Å². The molecular weight excluding hydrogens is 248 g/mol. The monoisotopic (exact) mass is 267 g/mol. The Morgan fingerprint density at radius 1 is 1.21 bits per heavy atom.